The second-order valence-electron chi connectivity index (χ2n) is 8.82. The Bertz CT molecular complexity index is 714. The van der Waals surface area contributed by atoms with Gasteiger partial charge < -0.3 is 25.4 Å². The molecule has 0 aromatic rings. The van der Waals surface area contributed by atoms with E-state index < -0.39 is 60.0 Å². The molecule has 1 fully saturated rings. The lowest BCUT2D eigenvalue weighted by Crippen LogP contribution is -2.59. The molecule has 2 unspecified atom stereocenters. The molecule has 0 aromatic heterocycles. The number of nitrogens with zero attached hydrogens (tertiary/aromatic N) is 1. The molecule has 1 aliphatic heterocycles. The molecule has 1 rings (SSSR count). The number of rotatable bonds is 10. The van der Waals surface area contributed by atoms with Gasteiger partial charge in [0.25, 0.3) is 0 Å². The maximum absolute atomic E-state index is 13.2. The van der Waals surface area contributed by atoms with Crippen molar-refractivity contribution in [2.24, 2.45) is 11.8 Å². The lowest BCUT2D eigenvalue weighted by Gasteiger charge is -2.33. The van der Waals surface area contributed by atoms with Gasteiger partial charge in [0.15, 0.2) is 6.10 Å². The number of carbonyl (C=O) groups excluding carboxylic acids is 4. The molecule has 3 amide bonds. The summed E-state index contributed by atoms with van der Waals surface area (Å²) in [5, 5.41) is 14.5. The highest BCUT2D eigenvalue weighted by molar-refractivity contribution is 5.93. The highest BCUT2D eigenvalue weighted by atomic mass is 19.4. The minimum Gasteiger partial charge on any atom is -0.469 e. The molecule has 33 heavy (non-hydrogen) atoms. The molecular weight excluding hydrogens is 447 g/mol. The number of methoxy groups -OCH3 is 1. The molecule has 0 radical (unpaired) electrons. The number of hydrogen-bond donors (Lipinski definition) is 3. The number of likely N-dealkylation sites (tertiary alicyclic amines) is 1. The van der Waals surface area contributed by atoms with E-state index in [4.69, 9.17) is 0 Å². The van der Waals surface area contributed by atoms with Crippen molar-refractivity contribution < 1.29 is 42.2 Å². The Labute approximate surface area is 191 Å². The van der Waals surface area contributed by atoms with Crippen LogP contribution in [0.4, 0.5) is 13.2 Å². The normalized spacial score (nSPS) is 19.2. The van der Waals surface area contributed by atoms with Gasteiger partial charge in [-0.2, -0.15) is 13.2 Å². The Morgan fingerprint density at radius 1 is 1.06 bits per heavy atom. The average molecular weight is 482 g/mol. The molecule has 3 N–H and O–H groups in total. The number of alkyl halides is 3. The van der Waals surface area contributed by atoms with E-state index >= 15 is 0 Å². The third kappa shape index (κ3) is 8.17. The van der Waals surface area contributed by atoms with Gasteiger partial charge in [0, 0.05) is 13.0 Å². The van der Waals surface area contributed by atoms with E-state index in [1.165, 1.54) is 25.9 Å². The zero-order chi connectivity index (χ0) is 25.5. The van der Waals surface area contributed by atoms with Crippen LogP contribution in [-0.4, -0.2) is 77.8 Å². The van der Waals surface area contributed by atoms with Crippen molar-refractivity contribution >= 4 is 23.7 Å². The van der Waals surface area contributed by atoms with Gasteiger partial charge in [-0.05, 0) is 24.7 Å². The molecule has 0 bridgehead atoms. The summed E-state index contributed by atoms with van der Waals surface area (Å²) in [7, 11) is 1.19. The van der Waals surface area contributed by atoms with E-state index in [0.717, 1.165) is 0 Å². The third-order valence-corrected chi connectivity index (χ3v) is 5.57. The van der Waals surface area contributed by atoms with Crippen molar-refractivity contribution in [3.8, 4) is 0 Å². The summed E-state index contributed by atoms with van der Waals surface area (Å²) in [6, 6.07) is -3.58. The monoisotopic (exact) mass is 481 g/mol. The lowest BCUT2D eigenvalue weighted by molar-refractivity contribution is -0.215. The van der Waals surface area contributed by atoms with Crippen molar-refractivity contribution in [1.29, 1.82) is 0 Å². The molecule has 0 aliphatic carbocycles. The zero-order valence-corrected chi connectivity index (χ0v) is 19.6. The van der Waals surface area contributed by atoms with E-state index in [1.807, 2.05) is 0 Å². The van der Waals surface area contributed by atoms with Gasteiger partial charge in [-0.25, -0.2) is 0 Å². The lowest BCUT2D eigenvalue weighted by atomic mass is 9.97. The fourth-order valence-electron chi connectivity index (χ4n) is 3.63. The molecule has 0 saturated carbocycles. The fourth-order valence-corrected chi connectivity index (χ4v) is 3.63. The standard InChI is InChI=1S/C21H34F3N3O6/c1-11(2)16(18(30)21(22,23)24)26-19(31)13-7-6-10-27(13)20(32)17(12(3)4)25-14(28)8-9-15(29)33-5/h11-13,16-18,30H,6-10H2,1-5H3,(H,25,28)(H,26,31)/t13-,16?,17-,18?/m0/s1. The van der Waals surface area contributed by atoms with Crippen molar-refractivity contribution in [3.63, 3.8) is 0 Å². The summed E-state index contributed by atoms with van der Waals surface area (Å²) in [5.41, 5.74) is 0. The maximum Gasteiger partial charge on any atom is 0.416 e. The quantitative estimate of drug-likeness (QED) is 0.402. The number of hydrogen-bond acceptors (Lipinski definition) is 6. The molecule has 12 heteroatoms. The number of carbonyl (C=O) groups is 4. The van der Waals surface area contributed by atoms with Crippen LogP contribution in [0, 0.1) is 11.8 Å². The van der Waals surface area contributed by atoms with Crippen molar-refractivity contribution in [1.82, 2.24) is 15.5 Å². The smallest absolute Gasteiger partial charge is 0.416 e. The molecular formula is C21H34F3N3O6. The zero-order valence-electron chi connectivity index (χ0n) is 19.6. The Balaban J connectivity index is 2.93. The summed E-state index contributed by atoms with van der Waals surface area (Å²) >= 11 is 0. The molecule has 1 heterocycles. The Hall–Kier alpha value is -2.37. The molecule has 0 aromatic carbocycles. The third-order valence-electron chi connectivity index (χ3n) is 5.57. The molecule has 4 atom stereocenters. The minimum absolute atomic E-state index is 0.159. The van der Waals surface area contributed by atoms with Gasteiger partial charge >= 0.3 is 12.1 Å². The highest BCUT2D eigenvalue weighted by Crippen LogP contribution is 2.27. The van der Waals surface area contributed by atoms with Gasteiger partial charge in [0.2, 0.25) is 17.7 Å². The van der Waals surface area contributed by atoms with Crippen LogP contribution in [-0.2, 0) is 23.9 Å². The topological polar surface area (TPSA) is 125 Å². The number of nitrogens with one attached hydrogen (secondary N) is 2. The summed E-state index contributed by atoms with van der Waals surface area (Å²) in [6.45, 7) is 6.48. The first-order valence-corrected chi connectivity index (χ1v) is 10.9. The molecule has 9 nitrogen and oxygen atoms in total. The SMILES string of the molecule is COC(=O)CCC(=O)N[C@H](C(=O)N1CCC[C@H]1C(=O)NC(C(C)C)C(O)C(F)(F)F)C(C)C. The van der Waals surface area contributed by atoms with Crippen molar-refractivity contribution in [3.05, 3.63) is 0 Å². The average Bonchev–Trinajstić information content (AvgIpc) is 3.21. The Morgan fingerprint density at radius 3 is 2.15 bits per heavy atom. The van der Waals surface area contributed by atoms with Gasteiger partial charge in [-0.3, -0.25) is 19.2 Å². The predicted molar refractivity (Wildman–Crippen MR) is 112 cm³/mol. The van der Waals surface area contributed by atoms with Crippen LogP contribution < -0.4 is 10.6 Å². The molecule has 1 saturated heterocycles. The first-order valence-electron chi connectivity index (χ1n) is 10.9. The minimum atomic E-state index is -4.91. The van der Waals surface area contributed by atoms with Crippen LogP contribution in [0.5, 0.6) is 0 Å². The van der Waals surface area contributed by atoms with Crippen LogP contribution in [0.15, 0.2) is 0 Å². The van der Waals surface area contributed by atoms with Gasteiger partial charge in [0.05, 0.1) is 19.6 Å². The van der Waals surface area contributed by atoms with Crippen LogP contribution >= 0.6 is 0 Å². The van der Waals surface area contributed by atoms with E-state index in [9.17, 15) is 37.5 Å². The first kappa shape index (κ1) is 28.7. The van der Waals surface area contributed by atoms with Gasteiger partial charge in [-0.1, -0.05) is 27.7 Å². The highest BCUT2D eigenvalue weighted by Gasteiger charge is 2.46. The molecule has 0 spiro atoms. The van der Waals surface area contributed by atoms with Crippen LogP contribution in [0.1, 0.15) is 53.4 Å². The number of ether oxygens (including phenoxy) is 1. The van der Waals surface area contributed by atoms with Gasteiger partial charge in [0.1, 0.15) is 12.1 Å². The summed E-state index contributed by atoms with van der Waals surface area (Å²) in [5.74, 6) is -3.50. The van der Waals surface area contributed by atoms with Crippen LogP contribution in [0.25, 0.3) is 0 Å². The Morgan fingerprint density at radius 2 is 1.67 bits per heavy atom. The first-order chi connectivity index (χ1) is 15.2. The molecule has 190 valence electrons. The summed E-state index contributed by atoms with van der Waals surface area (Å²) in [4.78, 5) is 50.6. The molecule has 1 aliphatic rings. The van der Waals surface area contributed by atoms with Crippen LogP contribution in [0.2, 0.25) is 0 Å². The second-order valence-corrected chi connectivity index (χ2v) is 8.82. The van der Waals surface area contributed by atoms with Gasteiger partial charge in [-0.15, -0.1) is 0 Å². The number of halogens is 3. The van der Waals surface area contributed by atoms with E-state index in [2.05, 4.69) is 15.4 Å². The van der Waals surface area contributed by atoms with E-state index in [-0.39, 0.29) is 31.7 Å². The predicted octanol–water partition coefficient (Wildman–Crippen LogP) is 1.14. The number of amides is 3. The Kier molecular flexibility index (Phi) is 10.6. The van der Waals surface area contributed by atoms with E-state index in [1.54, 1.807) is 13.8 Å². The summed E-state index contributed by atoms with van der Waals surface area (Å²) < 4.78 is 43.5. The van der Waals surface area contributed by atoms with Crippen LogP contribution in [0.3, 0.4) is 0 Å². The van der Waals surface area contributed by atoms with Crippen molar-refractivity contribution in [2.45, 2.75) is 83.8 Å². The van der Waals surface area contributed by atoms with E-state index in [0.29, 0.717) is 6.42 Å². The second kappa shape index (κ2) is 12.2. The number of esters is 1. The number of aliphatic hydroxyl groups excluding tert-OH is 1. The van der Waals surface area contributed by atoms with Crippen molar-refractivity contribution in [2.75, 3.05) is 13.7 Å². The fraction of sp³-hybridized carbons (Fsp3) is 0.810. The summed E-state index contributed by atoms with van der Waals surface area (Å²) in [6.07, 6.45) is -7.30. The maximum atomic E-state index is 13.2. The number of aliphatic hydroxyl groups is 1. The largest absolute Gasteiger partial charge is 0.469 e.